The lowest BCUT2D eigenvalue weighted by atomic mass is 10.1. The van der Waals surface area contributed by atoms with Gasteiger partial charge in [-0.15, -0.1) is 0 Å². The third kappa shape index (κ3) is 1.90. The van der Waals surface area contributed by atoms with Crippen molar-refractivity contribution >= 4 is 11.7 Å². The van der Waals surface area contributed by atoms with Crippen LogP contribution in [0.25, 0.3) is 0 Å². The van der Waals surface area contributed by atoms with Crippen LogP contribution < -0.4 is 5.32 Å². The van der Waals surface area contributed by atoms with E-state index in [0.29, 0.717) is 12.2 Å². The molecule has 0 heterocycles. The summed E-state index contributed by atoms with van der Waals surface area (Å²) < 4.78 is 0. The smallest absolute Gasteiger partial charge is 0.339 e. The van der Waals surface area contributed by atoms with Crippen LogP contribution in [-0.4, -0.2) is 22.7 Å². The third-order valence-corrected chi connectivity index (χ3v) is 1.56. The van der Waals surface area contributed by atoms with E-state index >= 15 is 0 Å². The quantitative estimate of drug-likeness (QED) is 0.613. The summed E-state index contributed by atoms with van der Waals surface area (Å²) in [5, 5.41) is 20.9. The number of carboxylic acid groups (broad SMARTS) is 1. The van der Waals surface area contributed by atoms with Gasteiger partial charge in [0.2, 0.25) is 0 Å². The Hall–Kier alpha value is -1.71. The fourth-order valence-corrected chi connectivity index (χ4v) is 0.978. The molecule has 0 saturated carbocycles. The molecule has 0 atom stereocenters. The highest BCUT2D eigenvalue weighted by molar-refractivity contribution is 5.93. The van der Waals surface area contributed by atoms with Gasteiger partial charge in [-0.05, 0) is 25.1 Å². The Bertz CT molecular complexity index is 323. The standard InChI is InChI=1S/C9H10NO3/c1-2-10-7-5-3-4-6(8(7)11)9(12)13/h4-5,10-11H,2H2,1H3,(H,12,13). The molecule has 1 aromatic carbocycles. The molecular weight excluding hydrogens is 170 g/mol. The van der Waals surface area contributed by atoms with Crippen molar-refractivity contribution < 1.29 is 15.0 Å². The number of rotatable bonds is 3. The van der Waals surface area contributed by atoms with Gasteiger partial charge in [-0.3, -0.25) is 0 Å². The predicted molar refractivity (Wildman–Crippen MR) is 48.1 cm³/mol. The average Bonchev–Trinajstić information content (AvgIpc) is 2.08. The number of carboxylic acids is 1. The maximum atomic E-state index is 10.6. The Morgan fingerprint density at radius 2 is 2.31 bits per heavy atom. The fraction of sp³-hybridized carbons (Fsp3) is 0.222. The third-order valence-electron chi connectivity index (χ3n) is 1.56. The van der Waals surface area contributed by atoms with Crippen LogP contribution in [0.1, 0.15) is 17.3 Å². The van der Waals surface area contributed by atoms with Crippen LogP contribution in [0.3, 0.4) is 0 Å². The van der Waals surface area contributed by atoms with Gasteiger partial charge in [0.05, 0.1) is 5.69 Å². The lowest BCUT2D eigenvalue weighted by Gasteiger charge is -2.07. The summed E-state index contributed by atoms with van der Waals surface area (Å²) in [6.07, 6.45) is 0. The van der Waals surface area contributed by atoms with Gasteiger partial charge < -0.3 is 15.5 Å². The van der Waals surface area contributed by atoms with Crippen molar-refractivity contribution in [1.29, 1.82) is 0 Å². The molecule has 0 fully saturated rings. The number of nitrogens with one attached hydrogen (secondary N) is 1. The molecule has 13 heavy (non-hydrogen) atoms. The number of hydrogen-bond donors (Lipinski definition) is 3. The minimum Gasteiger partial charge on any atom is -0.505 e. The zero-order chi connectivity index (χ0) is 9.84. The van der Waals surface area contributed by atoms with Crippen LogP contribution in [-0.2, 0) is 0 Å². The van der Waals surface area contributed by atoms with Gasteiger partial charge in [0, 0.05) is 6.54 Å². The van der Waals surface area contributed by atoms with Crippen LogP contribution in [0.15, 0.2) is 12.1 Å². The molecule has 0 aliphatic heterocycles. The first-order valence-corrected chi connectivity index (χ1v) is 3.87. The van der Waals surface area contributed by atoms with Gasteiger partial charge in [0.15, 0.2) is 5.75 Å². The molecule has 1 aromatic rings. The molecule has 0 unspecified atom stereocenters. The minimum atomic E-state index is -1.16. The molecule has 4 nitrogen and oxygen atoms in total. The van der Waals surface area contributed by atoms with E-state index in [1.807, 2.05) is 6.92 Å². The molecule has 0 aromatic heterocycles. The van der Waals surface area contributed by atoms with E-state index in [-0.39, 0.29) is 11.3 Å². The zero-order valence-electron chi connectivity index (χ0n) is 7.16. The summed E-state index contributed by atoms with van der Waals surface area (Å²) in [4.78, 5) is 10.6. The molecule has 3 N–H and O–H groups in total. The normalized spacial score (nSPS) is 9.62. The van der Waals surface area contributed by atoms with Crippen molar-refractivity contribution in [3.05, 3.63) is 23.8 Å². The Labute approximate surface area is 75.8 Å². The number of anilines is 1. The second-order valence-electron chi connectivity index (χ2n) is 2.47. The highest BCUT2D eigenvalue weighted by Crippen LogP contribution is 2.26. The lowest BCUT2D eigenvalue weighted by molar-refractivity contribution is 0.0694. The van der Waals surface area contributed by atoms with E-state index in [0.717, 1.165) is 0 Å². The monoisotopic (exact) mass is 180 g/mol. The van der Waals surface area contributed by atoms with Crippen molar-refractivity contribution in [3.8, 4) is 5.75 Å². The molecule has 4 heteroatoms. The number of aromatic hydroxyl groups is 1. The first-order valence-electron chi connectivity index (χ1n) is 3.87. The number of phenols is 1. The van der Waals surface area contributed by atoms with E-state index in [9.17, 15) is 9.90 Å². The van der Waals surface area contributed by atoms with Gasteiger partial charge in [0.1, 0.15) is 5.56 Å². The van der Waals surface area contributed by atoms with E-state index < -0.39 is 5.97 Å². The van der Waals surface area contributed by atoms with E-state index in [1.54, 1.807) is 0 Å². The van der Waals surface area contributed by atoms with Crippen LogP contribution >= 0.6 is 0 Å². The Kier molecular flexibility index (Phi) is 2.74. The molecular formula is C9H10NO3. The van der Waals surface area contributed by atoms with Crippen LogP contribution in [0.2, 0.25) is 0 Å². The summed E-state index contributed by atoms with van der Waals surface area (Å²) >= 11 is 0. The van der Waals surface area contributed by atoms with Gasteiger partial charge in [-0.25, -0.2) is 4.79 Å². The maximum Gasteiger partial charge on any atom is 0.339 e. The number of carbonyl (C=O) groups is 1. The number of hydrogen-bond acceptors (Lipinski definition) is 3. The number of aromatic carboxylic acids is 1. The SMILES string of the molecule is CCNc1c[c]cc(C(=O)O)c1O. The largest absolute Gasteiger partial charge is 0.505 e. The fourth-order valence-electron chi connectivity index (χ4n) is 0.978. The van der Waals surface area contributed by atoms with Crippen molar-refractivity contribution in [3.63, 3.8) is 0 Å². The maximum absolute atomic E-state index is 10.6. The minimum absolute atomic E-state index is 0.140. The first kappa shape index (κ1) is 9.38. The van der Waals surface area contributed by atoms with Gasteiger partial charge in [-0.1, -0.05) is 0 Å². The highest BCUT2D eigenvalue weighted by Gasteiger charge is 2.11. The van der Waals surface area contributed by atoms with E-state index in [1.165, 1.54) is 12.1 Å². The lowest BCUT2D eigenvalue weighted by Crippen LogP contribution is -2.01. The summed E-state index contributed by atoms with van der Waals surface area (Å²) in [7, 11) is 0. The summed E-state index contributed by atoms with van der Waals surface area (Å²) in [6, 6.07) is 5.37. The molecule has 69 valence electrons. The number of benzene rings is 1. The Morgan fingerprint density at radius 1 is 1.62 bits per heavy atom. The van der Waals surface area contributed by atoms with Crippen molar-refractivity contribution in [2.24, 2.45) is 0 Å². The van der Waals surface area contributed by atoms with Gasteiger partial charge >= 0.3 is 5.97 Å². The molecule has 0 amide bonds. The molecule has 0 aliphatic carbocycles. The first-order chi connectivity index (χ1) is 6.16. The topological polar surface area (TPSA) is 69.6 Å². The summed E-state index contributed by atoms with van der Waals surface area (Å²) in [6.45, 7) is 2.47. The van der Waals surface area contributed by atoms with E-state index in [4.69, 9.17) is 5.11 Å². The van der Waals surface area contributed by atoms with Crippen molar-refractivity contribution in [2.75, 3.05) is 11.9 Å². The molecule has 1 radical (unpaired) electrons. The van der Waals surface area contributed by atoms with Crippen LogP contribution in [0, 0.1) is 6.07 Å². The molecule has 0 bridgehead atoms. The van der Waals surface area contributed by atoms with Crippen molar-refractivity contribution in [2.45, 2.75) is 6.92 Å². The summed E-state index contributed by atoms with van der Waals surface area (Å²) in [5.74, 6) is -1.40. The Balaban J connectivity index is 3.10. The second kappa shape index (κ2) is 3.80. The Morgan fingerprint density at radius 3 is 2.85 bits per heavy atom. The molecule has 0 aliphatic rings. The molecule has 0 saturated heterocycles. The summed E-state index contributed by atoms with van der Waals surface area (Å²) in [5.41, 5.74) is 0.251. The second-order valence-corrected chi connectivity index (χ2v) is 2.47. The highest BCUT2D eigenvalue weighted by atomic mass is 16.4. The van der Waals surface area contributed by atoms with Crippen molar-refractivity contribution in [1.82, 2.24) is 0 Å². The molecule has 1 rings (SSSR count). The molecule has 0 spiro atoms. The van der Waals surface area contributed by atoms with Crippen LogP contribution in [0.4, 0.5) is 5.69 Å². The van der Waals surface area contributed by atoms with E-state index in [2.05, 4.69) is 11.4 Å². The zero-order valence-corrected chi connectivity index (χ0v) is 7.16. The average molecular weight is 180 g/mol. The van der Waals surface area contributed by atoms with Gasteiger partial charge in [-0.2, -0.15) is 0 Å². The van der Waals surface area contributed by atoms with Crippen LogP contribution in [0.5, 0.6) is 5.75 Å². The van der Waals surface area contributed by atoms with Gasteiger partial charge in [0.25, 0.3) is 0 Å². The predicted octanol–water partition coefficient (Wildman–Crippen LogP) is 1.32.